The predicted molar refractivity (Wildman–Crippen MR) is 80.8 cm³/mol. The van der Waals surface area contributed by atoms with Gasteiger partial charge in [0, 0.05) is 17.6 Å². The summed E-state index contributed by atoms with van der Waals surface area (Å²) in [7, 11) is 0. The zero-order valence-corrected chi connectivity index (χ0v) is 12.5. The van der Waals surface area contributed by atoms with Gasteiger partial charge in [-0.15, -0.1) is 0 Å². The van der Waals surface area contributed by atoms with Crippen LogP contribution in [-0.4, -0.2) is 37.0 Å². The minimum atomic E-state index is -2.87. The number of nitrogens with two attached hydrogens (primary N) is 1. The van der Waals surface area contributed by atoms with Crippen LogP contribution in [0.4, 0.5) is 8.78 Å². The maximum absolute atomic E-state index is 12.3. The van der Waals surface area contributed by atoms with Crippen LogP contribution in [0.25, 0.3) is 10.9 Å². The summed E-state index contributed by atoms with van der Waals surface area (Å²) in [6.07, 6.45) is 3.34. The number of fused-ring (bicyclic) bond motifs is 1. The molecular weight excluding hydrogens is 306 g/mol. The van der Waals surface area contributed by atoms with Crippen LogP contribution >= 0.6 is 0 Å². The molecule has 124 valence electrons. The van der Waals surface area contributed by atoms with Crippen molar-refractivity contribution >= 4 is 10.9 Å². The minimum absolute atomic E-state index is 0.0153. The standard InChI is InChI=1S/C16H18F2N2O3/c17-16(18)23-11-3-4-14-13(7-11)15(5-6-20-14)22-9-12-2-1-10(19)8-21-12/h3-7,10,12,16H,1-2,8-9,19H2/t10-,12+/m1/s1. The third-order valence-corrected chi connectivity index (χ3v) is 3.73. The fourth-order valence-electron chi connectivity index (χ4n) is 2.54. The lowest BCUT2D eigenvalue weighted by Crippen LogP contribution is -2.37. The summed E-state index contributed by atoms with van der Waals surface area (Å²) in [5.74, 6) is 0.637. The van der Waals surface area contributed by atoms with E-state index in [1.807, 2.05) is 0 Å². The second kappa shape index (κ2) is 7.06. The van der Waals surface area contributed by atoms with Crippen molar-refractivity contribution in [2.45, 2.75) is 31.6 Å². The average molecular weight is 324 g/mol. The van der Waals surface area contributed by atoms with Crippen LogP contribution in [0.2, 0.25) is 0 Å². The van der Waals surface area contributed by atoms with Gasteiger partial charge in [-0.25, -0.2) is 0 Å². The summed E-state index contributed by atoms with van der Waals surface area (Å²) < 4.78 is 40.5. The lowest BCUT2D eigenvalue weighted by molar-refractivity contribution is -0.0497. The van der Waals surface area contributed by atoms with Crippen molar-refractivity contribution in [3.63, 3.8) is 0 Å². The quantitative estimate of drug-likeness (QED) is 0.916. The van der Waals surface area contributed by atoms with Crippen LogP contribution < -0.4 is 15.2 Å². The van der Waals surface area contributed by atoms with Crippen LogP contribution in [0.1, 0.15) is 12.8 Å². The first-order valence-electron chi connectivity index (χ1n) is 7.45. The Bertz CT molecular complexity index is 661. The Balaban J connectivity index is 1.74. The monoisotopic (exact) mass is 324 g/mol. The zero-order valence-electron chi connectivity index (χ0n) is 12.5. The Hall–Kier alpha value is -1.99. The molecule has 1 aliphatic rings. The molecule has 2 N–H and O–H groups in total. The van der Waals surface area contributed by atoms with Gasteiger partial charge in [0.1, 0.15) is 18.1 Å². The third kappa shape index (κ3) is 4.05. The Kier molecular flexibility index (Phi) is 4.88. The Labute approximate surface area is 132 Å². The molecule has 1 aliphatic heterocycles. The number of rotatable bonds is 5. The van der Waals surface area contributed by atoms with Crippen molar-refractivity contribution in [1.29, 1.82) is 0 Å². The highest BCUT2D eigenvalue weighted by Crippen LogP contribution is 2.29. The molecule has 1 fully saturated rings. The summed E-state index contributed by atoms with van der Waals surface area (Å²) >= 11 is 0. The largest absolute Gasteiger partial charge is 0.490 e. The van der Waals surface area contributed by atoms with Crippen molar-refractivity contribution in [1.82, 2.24) is 4.98 Å². The number of alkyl halides is 2. The van der Waals surface area contributed by atoms with Crippen LogP contribution in [0.5, 0.6) is 11.5 Å². The second-order valence-corrected chi connectivity index (χ2v) is 5.47. The number of ether oxygens (including phenoxy) is 3. The summed E-state index contributed by atoms with van der Waals surface area (Å²) in [6, 6.07) is 6.36. The summed E-state index contributed by atoms with van der Waals surface area (Å²) in [5, 5.41) is 0.623. The van der Waals surface area contributed by atoms with E-state index in [2.05, 4.69) is 9.72 Å². The van der Waals surface area contributed by atoms with E-state index in [1.54, 1.807) is 18.3 Å². The molecule has 0 unspecified atom stereocenters. The SMILES string of the molecule is N[C@@H]1CC[C@@H](COc2ccnc3ccc(OC(F)F)cc23)OC1. The Morgan fingerprint density at radius 1 is 1.30 bits per heavy atom. The molecule has 23 heavy (non-hydrogen) atoms. The van der Waals surface area contributed by atoms with Crippen molar-refractivity contribution in [2.75, 3.05) is 13.2 Å². The van der Waals surface area contributed by atoms with Crippen LogP contribution in [0.3, 0.4) is 0 Å². The van der Waals surface area contributed by atoms with Gasteiger partial charge in [0.15, 0.2) is 0 Å². The van der Waals surface area contributed by atoms with Gasteiger partial charge in [-0.05, 0) is 37.1 Å². The first kappa shape index (κ1) is 15.9. The maximum atomic E-state index is 12.3. The molecule has 0 aliphatic carbocycles. The summed E-state index contributed by atoms with van der Waals surface area (Å²) in [4.78, 5) is 4.20. The van der Waals surface area contributed by atoms with Crippen molar-refractivity contribution in [3.8, 4) is 11.5 Å². The average Bonchev–Trinajstić information content (AvgIpc) is 2.54. The first-order valence-corrected chi connectivity index (χ1v) is 7.45. The first-order chi connectivity index (χ1) is 11.1. The van der Waals surface area contributed by atoms with Crippen molar-refractivity contribution in [2.24, 2.45) is 5.73 Å². The van der Waals surface area contributed by atoms with Crippen molar-refractivity contribution in [3.05, 3.63) is 30.5 Å². The van der Waals surface area contributed by atoms with Crippen LogP contribution in [-0.2, 0) is 4.74 Å². The molecule has 1 aromatic carbocycles. The smallest absolute Gasteiger partial charge is 0.387 e. The van der Waals surface area contributed by atoms with E-state index in [0.717, 1.165) is 12.8 Å². The Morgan fingerprint density at radius 2 is 2.17 bits per heavy atom. The van der Waals surface area contributed by atoms with Gasteiger partial charge in [-0.2, -0.15) is 8.78 Å². The highest BCUT2D eigenvalue weighted by molar-refractivity contribution is 5.86. The normalized spacial score (nSPS) is 21.6. The van der Waals surface area contributed by atoms with E-state index in [4.69, 9.17) is 15.2 Å². The molecule has 0 radical (unpaired) electrons. The van der Waals surface area contributed by atoms with E-state index in [0.29, 0.717) is 29.9 Å². The van der Waals surface area contributed by atoms with Gasteiger partial charge in [0.05, 0.1) is 18.2 Å². The van der Waals surface area contributed by atoms with Crippen molar-refractivity contribution < 1.29 is 23.0 Å². The van der Waals surface area contributed by atoms with E-state index < -0.39 is 6.61 Å². The molecule has 2 heterocycles. The molecular formula is C16H18F2N2O3. The van der Waals surface area contributed by atoms with Crippen LogP contribution in [0.15, 0.2) is 30.5 Å². The molecule has 2 atom stereocenters. The Morgan fingerprint density at radius 3 is 2.91 bits per heavy atom. The fraction of sp³-hybridized carbons (Fsp3) is 0.438. The molecule has 2 aromatic rings. The lowest BCUT2D eigenvalue weighted by Gasteiger charge is -2.26. The molecule has 5 nitrogen and oxygen atoms in total. The second-order valence-electron chi connectivity index (χ2n) is 5.47. The number of halogens is 2. The number of pyridine rings is 1. The molecule has 0 saturated carbocycles. The molecule has 0 bridgehead atoms. The fourth-order valence-corrected chi connectivity index (χ4v) is 2.54. The van der Waals surface area contributed by atoms with Gasteiger partial charge < -0.3 is 19.9 Å². The number of hydrogen-bond acceptors (Lipinski definition) is 5. The van der Waals surface area contributed by atoms with Gasteiger partial charge in [-0.1, -0.05) is 0 Å². The zero-order chi connectivity index (χ0) is 16.2. The number of nitrogens with zero attached hydrogens (tertiary/aromatic N) is 1. The minimum Gasteiger partial charge on any atom is -0.490 e. The number of hydrogen-bond donors (Lipinski definition) is 1. The topological polar surface area (TPSA) is 66.6 Å². The molecule has 1 saturated heterocycles. The van der Waals surface area contributed by atoms with E-state index in [1.165, 1.54) is 12.1 Å². The van der Waals surface area contributed by atoms with E-state index in [9.17, 15) is 8.78 Å². The van der Waals surface area contributed by atoms with E-state index >= 15 is 0 Å². The molecule has 0 spiro atoms. The van der Waals surface area contributed by atoms with Gasteiger partial charge in [0.2, 0.25) is 0 Å². The van der Waals surface area contributed by atoms with Gasteiger partial charge in [-0.3, -0.25) is 4.98 Å². The molecule has 1 aromatic heterocycles. The molecule has 3 rings (SSSR count). The molecule has 0 amide bonds. The number of aromatic nitrogens is 1. The summed E-state index contributed by atoms with van der Waals surface area (Å²) in [6.45, 7) is -1.96. The highest BCUT2D eigenvalue weighted by atomic mass is 19.3. The van der Waals surface area contributed by atoms with E-state index in [-0.39, 0.29) is 17.9 Å². The van der Waals surface area contributed by atoms with Gasteiger partial charge >= 0.3 is 6.61 Å². The third-order valence-electron chi connectivity index (χ3n) is 3.73. The maximum Gasteiger partial charge on any atom is 0.387 e. The van der Waals surface area contributed by atoms with Crippen LogP contribution in [0, 0.1) is 0 Å². The summed E-state index contributed by atoms with van der Waals surface area (Å²) in [5.41, 5.74) is 6.43. The van der Waals surface area contributed by atoms with Gasteiger partial charge in [0.25, 0.3) is 0 Å². The number of benzene rings is 1. The molecule has 7 heteroatoms. The lowest BCUT2D eigenvalue weighted by atomic mass is 10.1. The predicted octanol–water partition coefficient (Wildman–Crippen LogP) is 2.72. The highest BCUT2D eigenvalue weighted by Gasteiger charge is 2.20.